The van der Waals surface area contributed by atoms with Crippen molar-refractivity contribution >= 4 is 23.2 Å². The van der Waals surface area contributed by atoms with Gasteiger partial charge in [-0.2, -0.15) is 0 Å². The van der Waals surface area contributed by atoms with E-state index in [9.17, 15) is 4.79 Å². The van der Waals surface area contributed by atoms with Gasteiger partial charge in [-0.1, -0.05) is 24.1 Å². The van der Waals surface area contributed by atoms with Crippen LogP contribution in [-0.4, -0.2) is 18.5 Å². The van der Waals surface area contributed by atoms with Crippen molar-refractivity contribution in [3.05, 3.63) is 29.3 Å². The van der Waals surface area contributed by atoms with Crippen LogP contribution in [0.25, 0.3) is 0 Å². The minimum absolute atomic E-state index is 0.0599. The molecule has 1 unspecified atom stereocenters. The molecule has 0 radical (unpaired) electrons. The maximum atomic E-state index is 11.8. The van der Waals surface area contributed by atoms with E-state index in [-0.39, 0.29) is 5.91 Å². The Kier molecular flexibility index (Phi) is 5.02. The minimum Gasteiger partial charge on any atom is -0.326 e. The van der Waals surface area contributed by atoms with E-state index in [4.69, 9.17) is 11.6 Å². The molecule has 18 heavy (non-hydrogen) atoms. The first-order valence-electron chi connectivity index (χ1n) is 6.53. The van der Waals surface area contributed by atoms with Gasteiger partial charge in [0.05, 0.1) is 0 Å². The van der Waals surface area contributed by atoms with Crippen LogP contribution in [0.5, 0.6) is 0 Å². The van der Waals surface area contributed by atoms with Crippen LogP contribution in [0.2, 0.25) is 5.02 Å². The molecule has 1 aliphatic heterocycles. The summed E-state index contributed by atoms with van der Waals surface area (Å²) in [5.41, 5.74) is 0.768. The van der Waals surface area contributed by atoms with Gasteiger partial charge >= 0.3 is 0 Å². The fraction of sp³-hybridized carbons (Fsp3) is 0.500. The smallest absolute Gasteiger partial charge is 0.224 e. The van der Waals surface area contributed by atoms with Gasteiger partial charge in [0.2, 0.25) is 5.91 Å². The number of halogens is 1. The second kappa shape index (κ2) is 6.76. The molecule has 1 aromatic rings. The van der Waals surface area contributed by atoms with Crippen molar-refractivity contribution in [2.75, 3.05) is 11.9 Å². The molecular weight excluding hydrogens is 248 g/mol. The fourth-order valence-electron chi connectivity index (χ4n) is 2.27. The van der Waals surface area contributed by atoms with Crippen LogP contribution in [-0.2, 0) is 4.79 Å². The standard InChI is InChI=1S/C14H19ClN2O/c15-11-4-3-6-13(10-11)17-14(18)8-7-12-5-1-2-9-16-12/h3-4,6,10,12,16H,1-2,5,7-9H2,(H,17,18). The first-order chi connectivity index (χ1) is 8.74. The lowest BCUT2D eigenvalue weighted by atomic mass is 10.0. The number of carbonyl (C=O) groups excluding carboxylic acids is 1. The highest BCUT2D eigenvalue weighted by atomic mass is 35.5. The van der Waals surface area contributed by atoms with E-state index in [1.165, 1.54) is 19.3 Å². The molecule has 3 nitrogen and oxygen atoms in total. The summed E-state index contributed by atoms with van der Waals surface area (Å²) in [4.78, 5) is 11.8. The number of carbonyl (C=O) groups is 1. The Labute approximate surface area is 113 Å². The number of nitrogens with one attached hydrogen (secondary N) is 2. The molecule has 0 aliphatic carbocycles. The summed E-state index contributed by atoms with van der Waals surface area (Å²) in [6.07, 6.45) is 5.18. The number of benzene rings is 1. The molecule has 1 amide bonds. The lowest BCUT2D eigenvalue weighted by Gasteiger charge is -2.23. The minimum atomic E-state index is 0.0599. The van der Waals surface area contributed by atoms with Gasteiger partial charge in [0, 0.05) is 23.2 Å². The molecule has 1 heterocycles. The normalized spacial score (nSPS) is 19.5. The average molecular weight is 267 g/mol. The molecule has 2 rings (SSSR count). The number of piperidine rings is 1. The van der Waals surface area contributed by atoms with Gasteiger partial charge in [-0.25, -0.2) is 0 Å². The van der Waals surface area contributed by atoms with Gasteiger partial charge in [0.1, 0.15) is 0 Å². The van der Waals surface area contributed by atoms with E-state index in [1.807, 2.05) is 12.1 Å². The summed E-state index contributed by atoms with van der Waals surface area (Å²) >= 11 is 5.87. The molecule has 0 saturated carbocycles. The Bertz CT molecular complexity index is 403. The largest absolute Gasteiger partial charge is 0.326 e. The van der Waals surface area contributed by atoms with Crippen molar-refractivity contribution in [1.82, 2.24) is 5.32 Å². The van der Waals surface area contributed by atoms with Crippen molar-refractivity contribution in [3.8, 4) is 0 Å². The van der Waals surface area contributed by atoms with Crippen LogP contribution in [0.3, 0.4) is 0 Å². The van der Waals surface area contributed by atoms with Crippen LogP contribution in [0.15, 0.2) is 24.3 Å². The lowest BCUT2D eigenvalue weighted by molar-refractivity contribution is -0.116. The number of amides is 1. The summed E-state index contributed by atoms with van der Waals surface area (Å²) in [7, 11) is 0. The van der Waals surface area contributed by atoms with Crippen molar-refractivity contribution in [2.24, 2.45) is 0 Å². The van der Waals surface area contributed by atoms with Crippen molar-refractivity contribution in [1.29, 1.82) is 0 Å². The Morgan fingerprint density at radius 3 is 3.06 bits per heavy atom. The molecular formula is C14H19ClN2O. The molecule has 98 valence electrons. The summed E-state index contributed by atoms with van der Waals surface area (Å²) in [5, 5.41) is 6.96. The molecule has 1 fully saturated rings. The number of anilines is 1. The Morgan fingerprint density at radius 1 is 1.44 bits per heavy atom. The average Bonchev–Trinajstić information content (AvgIpc) is 2.38. The molecule has 1 aromatic carbocycles. The summed E-state index contributed by atoms with van der Waals surface area (Å²) in [6, 6.07) is 7.74. The third-order valence-electron chi connectivity index (χ3n) is 3.24. The highest BCUT2D eigenvalue weighted by Crippen LogP contribution is 2.16. The third kappa shape index (κ3) is 4.31. The van der Waals surface area contributed by atoms with E-state index < -0.39 is 0 Å². The van der Waals surface area contributed by atoms with Crippen LogP contribution in [0.1, 0.15) is 32.1 Å². The first kappa shape index (κ1) is 13.4. The zero-order valence-electron chi connectivity index (χ0n) is 10.4. The molecule has 2 N–H and O–H groups in total. The SMILES string of the molecule is O=C(CCC1CCCCN1)Nc1cccc(Cl)c1. The Hall–Kier alpha value is -1.06. The molecule has 0 aromatic heterocycles. The van der Waals surface area contributed by atoms with Gasteiger partial charge in [-0.3, -0.25) is 4.79 Å². The maximum Gasteiger partial charge on any atom is 0.224 e. The highest BCUT2D eigenvalue weighted by molar-refractivity contribution is 6.30. The first-order valence-corrected chi connectivity index (χ1v) is 6.90. The Morgan fingerprint density at radius 2 is 2.33 bits per heavy atom. The lowest BCUT2D eigenvalue weighted by Crippen LogP contribution is -2.34. The highest BCUT2D eigenvalue weighted by Gasteiger charge is 2.13. The van der Waals surface area contributed by atoms with Gasteiger partial charge < -0.3 is 10.6 Å². The Balaban J connectivity index is 1.74. The van der Waals surface area contributed by atoms with Gasteiger partial charge in [-0.05, 0) is 44.0 Å². The second-order valence-electron chi connectivity index (χ2n) is 4.74. The van der Waals surface area contributed by atoms with E-state index in [0.29, 0.717) is 17.5 Å². The summed E-state index contributed by atoms with van der Waals surface area (Å²) in [5.74, 6) is 0.0599. The van der Waals surface area contributed by atoms with Crippen molar-refractivity contribution in [2.45, 2.75) is 38.1 Å². The molecule has 0 spiro atoms. The number of rotatable bonds is 4. The molecule has 4 heteroatoms. The third-order valence-corrected chi connectivity index (χ3v) is 3.48. The molecule has 0 bridgehead atoms. The van der Waals surface area contributed by atoms with E-state index in [0.717, 1.165) is 18.7 Å². The molecule has 1 saturated heterocycles. The zero-order valence-corrected chi connectivity index (χ0v) is 11.2. The fourth-order valence-corrected chi connectivity index (χ4v) is 2.46. The molecule has 1 atom stereocenters. The number of hydrogen-bond acceptors (Lipinski definition) is 2. The number of hydrogen-bond donors (Lipinski definition) is 2. The second-order valence-corrected chi connectivity index (χ2v) is 5.18. The monoisotopic (exact) mass is 266 g/mol. The maximum absolute atomic E-state index is 11.8. The van der Waals surface area contributed by atoms with Gasteiger partial charge in [0.15, 0.2) is 0 Å². The van der Waals surface area contributed by atoms with Crippen molar-refractivity contribution < 1.29 is 4.79 Å². The van der Waals surface area contributed by atoms with Crippen LogP contribution in [0, 0.1) is 0 Å². The summed E-state index contributed by atoms with van der Waals surface area (Å²) < 4.78 is 0. The van der Waals surface area contributed by atoms with Crippen LogP contribution in [0.4, 0.5) is 5.69 Å². The van der Waals surface area contributed by atoms with E-state index in [2.05, 4.69) is 10.6 Å². The predicted octanol–water partition coefficient (Wildman–Crippen LogP) is 3.20. The van der Waals surface area contributed by atoms with E-state index >= 15 is 0 Å². The topological polar surface area (TPSA) is 41.1 Å². The predicted molar refractivity (Wildman–Crippen MR) is 75.0 cm³/mol. The van der Waals surface area contributed by atoms with Crippen molar-refractivity contribution in [3.63, 3.8) is 0 Å². The zero-order chi connectivity index (χ0) is 12.8. The molecule has 1 aliphatic rings. The quantitative estimate of drug-likeness (QED) is 0.879. The van der Waals surface area contributed by atoms with Gasteiger partial charge in [0.25, 0.3) is 0 Å². The summed E-state index contributed by atoms with van der Waals surface area (Å²) in [6.45, 7) is 1.08. The van der Waals surface area contributed by atoms with Crippen LogP contribution < -0.4 is 10.6 Å². The van der Waals surface area contributed by atoms with E-state index in [1.54, 1.807) is 12.1 Å². The van der Waals surface area contributed by atoms with Crippen LogP contribution >= 0.6 is 11.6 Å². The van der Waals surface area contributed by atoms with Gasteiger partial charge in [-0.15, -0.1) is 0 Å².